The third-order valence-corrected chi connectivity index (χ3v) is 4.23. The van der Waals surface area contributed by atoms with Crippen molar-refractivity contribution < 1.29 is 4.39 Å². The second-order valence-corrected chi connectivity index (χ2v) is 5.85. The summed E-state index contributed by atoms with van der Waals surface area (Å²) >= 11 is 5.82. The number of nitrogens with zero attached hydrogens (tertiary/aromatic N) is 1. The van der Waals surface area contributed by atoms with E-state index in [0.29, 0.717) is 6.42 Å². The molecule has 0 N–H and O–H groups in total. The zero-order valence-corrected chi connectivity index (χ0v) is 11.6. The Morgan fingerprint density at radius 2 is 1.80 bits per heavy atom. The van der Waals surface area contributed by atoms with Gasteiger partial charge in [-0.15, -0.1) is 0 Å². The lowest BCUT2D eigenvalue weighted by Crippen LogP contribution is -2.22. The van der Waals surface area contributed by atoms with Gasteiger partial charge in [-0.25, -0.2) is 4.39 Å². The molecule has 3 rings (SSSR count). The topological polar surface area (TPSA) is 23.8 Å². The van der Waals surface area contributed by atoms with E-state index in [1.807, 2.05) is 12.1 Å². The lowest BCUT2D eigenvalue weighted by atomic mass is 9.80. The maximum Gasteiger partial charge on any atom is 0.141 e. The first-order valence-electron chi connectivity index (χ1n) is 6.54. The van der Waals surface area contributed by atoms with Crippen LogP contribution in [0.4, 0.5) is 4.39 Å². The third-order valence-electron chi connectivity index (χ3n) is 3.94. The lowest BCUT2D eigenvalue weighted by molar-refractivity contribution is 0.418. The Morgan fingerprint density at radius 1 is 1.15 bits per heavy atom. The Hall–Kier alpha value is -1.85. The van der Waals surface area contributed by atoms with Gasteiger partial charge in [-0.2, -0.15) is 5.26 Å². The molecule has 3 heteroatoms. The van der Waals surface area contributed by atoms with E-state index in [-0.39, 0.29) is 5.02 Å². The third kappa shape index (κ3) is 2.30. The minimum Gasteiger partial charge on any atom is -0.205 e. The number of benzene rings is 2. The van der Waals surface area contributed by atoms with Crippen molar-refractivity contribution in [3.63, 3.8) is 0 Å². The zero-order chi connectivity index (χ0) is 14.2. The summed E-state index contributed by atoms with van der Waals surface area (Å²) in [4.78, 5) is 0. The fourth-order valence-electron chi connectivity index (χ4n) is 2.98. The van der Waals surface area contributed by atoms with Crippen LogP contribution in [0.15, 0.2) is 42.5 Å². The minimum absolute atomic E-state index is 0.117. The molecule has 0 heterocycles. The number of fused-ring (bicyclic) bond motifs is 1. The molecule has 20 heavy (non-hydrogen) atoms. The minimum atomic E-state index is -0.440. The molecule has 0 fully saturated rings. The number of hydrogen-bond acceptors (Lipinski definition) is 1. The van der Waals surface area contributed by atoms with E-state index < -0.39 is 11.2 Å². The number of nitriles is 1. The Kier molecular flexibility index (Phi) is 3.23. The van der Waals surface area contributed by atoms with Crippen LogP contribution in [-0.4, -0.2) is 0 Å². The monoisotopic (exact) mass is 285 g/mol. The standard InChI is InChI=1S/C17H13ClFN/c18-15-7-12(5-6-16(15)19)8-17(11-20)9-13-3-1-2-4-14(13)10-17/h1-7H,8-10H2. The summed E-state index contributed by atoms with van der Waals surface area (Å²) < 4.78 is 13.2. The first-order valence-corrected chi connectivity index (χ1v) is 6.92. The predicted molar refractivity (Wildman–Crippen MR) is 77.0 cm³/mol. The van der Waals surface area contributed by atoms with Crippen LogP contribution in [0.2, 0.25) is 5.02 Å². The average Bonchev–Trinajstić information content (AvgIpc) is 2.81. The highest BCUT2D eigenvalue weighted by Crippen LogP contribution is 2.39. The van der Waals surface area contributed by atoms with Gasteiger partial charge >= 0.3 is 0 Å². The van der Waals surface area contributed by atoms with Gasteiger partial charge in [-0.05, 0) is 48.1 Å². The molecule has 0 aliphatic heterocycles. The van der Waals surface area contributed by atoms with Crippen molar-refractivity contribution in [2.45, 2.75) is 19.3 Å². The fraction of sp³-hybridized carbons (Fsp3) is 0.235. The summed E-state index contributed by atoms with van der Waals surface area (Å²) in [7, 11) is 0. The van der Waals surface area contributed by atoms with Crippen molar-refractivity contribution in [1.29, 1.82) is 5.26 Å². The van der Waals surface area contributed by atoms with Crippen LogP contribution in [-0.2, 0) is 19.3 Å². The molecule has 0 radical (unpaired) electrons. The first kappa shape index (κ1) is 13.1. The van der Waals surface area contributed by atoms with Crippen LogP contribution in [0.5, 0.6) is 0 Å². The molecule has 1 aliphatic carbocycles. The van der Waals surface area contributed by atoms with Crippen LogP contribution in [0, 0.1) is 22.6 Å². The van der Waals surface area contributed by atoms with Crippen molar-refractivity contribution in [2.75, 3.05) is 0 Å². The summed E-state index contributed by atoms with van der Waals surface area (Å²) in [5.41, 5.74) is 2.94. The van der Waals surface area contributed by atoms with Crippen LogP contribution in [0.1, 0.15) is 16.7 Å². The van der Waals surface area contributed by atoms with Gasteiger partial charge in [0, 0.05) is 0 Å². The normalized spacial score (nSPS) is 15.7. The quantitative estimate of drug-likeness (QED) is 0.806. The molecule has 0 amide bonds. The van der Waals surface area contributed by atoms with Crippen LogP contribution >= 0.6 is 11.6 Å². The van der Waals surface area contributed by atoms with Gasteiger partial charge in [0.1, 0.15) is 5.82 Å². The molecule has 0 unspecified atom stereocenters. The number of rotatable bonds is 2. The van der Waals surface area contributed by atoms with Crippen molar-refractivity contribution in [3.8, 4) is 6.07 Å². The predicted octanol–water partition coefficient (Wildman–Crippen LogP) is 4.33. The van der Waals surface area contributed by atoms with E-state index in [2.05, 4.69) is 18.2 Å². The van der Waals surface area contributed by atoms with E-state index in [9.17, 15) is 9.65 Å². The highest BCUT2D eigenvalue weighted by atomic mass is 35.5. The molecule has 0 saturated carbocycles. The molecule has 0 atom stereocenters. The second-order valence-electron chi connectivity index (χ2n) is 5.44. The lowest BCUT2D eigenvalue weighted by Gasteiger charge is -2.20. The van der Waals surface area contributed by atoms with E-state index >= 15 is 0 Å². The van der Waals surface area contributed by atoms with Gasteiger partial charge in [0.05, 0.1) is 16.5 Å². The van der Waals surface area contributed by atoms with Gasteiger partial charge in [-0.1, -0.05) is 41.9 Å². The highest BCUT2D eigenvalue weighted by Gasteiger charge is 2.37. The molecule has 100 valence electrons. The van der Waals surface area contributed by atoms with Crippen LogP contribution in [0.3, 0.4) is 0 Å². The largest absolute Gasteiger partial charge is 0.205 e. The zero-order valence-electron chi connectivity index (χ0n) is 10.9. The average molecular weight is 286 g/mol. The maximum absolute atomic E-state index is 13.2. The van der Waals surface area contributed by atoms with E-state index in [1.165, 1.54) is 17.2 Å². The maximum atomic E-state index is 13.2. The fourth-order valence-corrected chi connectivity index (χ4v) is 3.18. The van der Waals surface area contributed by atoms with Crippen molar-refractivity contribution in [2.24, 2.45) is 5.41 Å². The summed E-state index contributed by atoms with van der Waals surface area (Å²) in [5, 5.41) is 9.73. The molecular weight excluding hydrogens is 273 g/mol. The number of hydrogen-bond donors (Lipinski definition) is 0. The molecule has 0 saturated heterocycles. The van der Waals surface area contributed by atoms with E-state index in [4.69, 9.17) is 11.6 Å². The molecule has 0 bridgehead atoms. The molecule has 0 spiro atoms. The summed E-state index contributed by atoms with van der Waals surface area (Å²) in [6, 6.07) is 15.3. The molecular formula is C17H13ClFN. The van der Waals surface area contributed by atoms with Gasteiger partial charge in [0.2, 0.25) is 0 Å². The van der Waals surface area contributed by atoms with Gasteiger partial charge in [-0.3, -0.25) is 0 Å². The molecule has 1 nitrogen and oxygen atoms in total. The van der Waals surface area contributed by atoms with Gasteiger partial charge in [0.25, 0.3) is 0 Å². The Balaban J connectivity index is 1.89. The number of halogens is 2. The Morgan fingerprint density at radius 3 is 2.35 bits per heavy atom. The summed E-state index contributed by atoms with van der Waals surface area (Å²) in [6.45, 7) is 0. The van der Waals surface area contributed by atoms with Crippen LogP contribution < -0.4 is 0 Å². The molecule has 1 aliphatic rings. The van der Waals surface area contributed by atoms with Crippen molar-refractivity contribution in [3.05, 3.63) is 70.0 Å². The van der Waals surface area contributed by atoms with Crippen molar-refractivity contribution in [1.82, 2.24) is 0 Å². The molecule has 2 aromatic rings. The highest BCUT2D eigenvalue weighted by molar-refractivity contribution is 6.30. The first-order chi connectivity index (χ1) is 9.62. The smallest absolute Gasteiger partial charge is 0.141 e. The second kappa shape index (κ2) is 4.92. The SMILES string of the molecule is N#CC1(Cc2ccc(F)c(Cl)c2)Cc2ccccc2C1. The summed E-state index contributed by atoms with van der Waals surface area (Å²) in [6.07, 6.45) is 2.08. The van der Waals surface area contributed by atoms with E-state index in [0.717, 1.165) is 18.4 Å². The van der Waals surface area contributed by atoms with Gasteiger partial charge in [0.15, 0.2) is 0 Å². The Bertz CT molecular complexity index is 677. The van der Waals surface area contributed by atoms with E-state index in [1.54, 1.807) is 12.1 Å². The Labute approximate surface area is 122 Å². The van der Waals surface area contributed by atoms with Crippen molar-refractivity contribution >= 4 is 11.6 Å². The van der Waals surface area contributed by atoms with Gasteiger partial charge < -0.3 is 0 Å². The summed E-state index contributed by atoms with van der Waals surface area (Å²) in [5.74, 6) is -0.420. The van der Waals surface area contributed by atoms with Crippen LogP contribution in [0.25, 0.3) is 0 Å². The molecule has 2 aromatic carbocycles. The molecule has 0 aromatic heterocycles.